The summed E-state index contributed by atoms with van der Waals surface area (Å²) in [6.45, 7) is 0. The summed E-state index contributed by atoms with van der Waals surface area (Å²) in [4.78, 5) is 11.5. The third kappa shape index (κ3) is 3.27. The van der Waals surface area contributed by atoms with Crippen molar-refractivity contribution < 1.29 is 18.0 Å². The molecule has 3 nitrogen and oxygen atoms in total. The average molecular weight is 370 g/mol. The van der Waals surface area contributed by atoms with Gasteiger partial charge in [0.25, 0.3) is 0 Å². The summed E-state index contributed by atoms with van der Waals surface area (Å²) >= 11 is 0. The van der Waals surface area contributed by atoms with Crippen LogP contribution in [0.4, 0.5) is 13.2 Å². The minimum atomic E-state index is -0.873. The Morgan fingerprint density at radius 3 is 2.56 bits per heavy atom. The first kappa shape index (κ1) is 17.5. The maximum absolute atomic E-state index is 13.6. The van der Waals surface area contributed by atoms with E-state index in [9.17, 15) is 18.0 Å². The first-order valence-corrected chi connectivity index (χ1v) is 8.83. The summed E-state index contributed by atoms with van der Waals surface area (Å²) in [5, 5.41) is 4.43. The highest BCUT2D eigenvalue weighted by Crippen LogP contribution is 2.37. The second kappa shape index (κ2) is 7.02. The van der Waals surface area contributed by atoms with Crippen LogP contribution >= 0.6 is 0 Å². The van der Waals surface area contributed by atoms with E-state index in [4.69, 9.17) is 0 Å². The number of hydrogen-bond donors (Lipinski definition) is 0. The number of hydrogen-bond acceptors (Lipinski definition) is 2. The molecular weight excluding hydrogens is 353 g/mol. The highest BCUT2D eigenvalue weighted by Gasteiger charge is 2.29. The van der Waals surface area contributed by atoms with Gasteiger partial charge in [-0.05, 0) is 67.6 Å². The molecule has 0 amide bonds. The summed E-state index contributed by atoms with van der Waals surface area (Å²) in [7, 11) is 0. The van der Waals surface area contributed by atoms with Gasteiger partial charge in [-0.1, -0.05) is 6.07 Å². The molecule has 0 bridgehead atoms. The Hall–Kier alpha value is -2.89. The number of carbonyl (C=O) groups excluding carboxylic acids is 1. The Morgan fingerprint density at radius 1 is 1.07 bits per heavy atom. The highest BCUT2D eigenvalue weighted by atomic mass is 19.2. The lowest BCUT2D eigenvalue weighted by atomic mass is 9.82. The molecule has 1 unspecified atom stereocenters. The van der Waals surface area contributed by atoms with E-state index in [-0.39, 0.29) is 11.7 Å². The summed E-state index contributed by atoms with van der Waals surface area (Å²) in [6.07, 6.45) is 3.71. The maximum atomic E-state index is 13.6. The fourth-order valence-corrected chi connectivity index (χ4v) is 3.84. The van der Waals surface area contributed by atoms with Gasteiger partial charge in [-0.15, -0.1) is 0 Å². The molecule has 0 radical (unpaired) electrons. The predicted octanol–water partition coefficient (Wildman–Crippen LogP) is 4.76. The number of nitrogens with zero attached hydrogens (tertiary/aromatic N) is 2. The molecular formula is C21H17F3N2O. The van der Waals surface area contributed by atoms with Crippen LogP contribution in [0.25, 0.3) is 5.69 Å². The van der Waals surface area contributed by atoms with E-state index in [1.54, 1.807) is 22.9 Å². The van der Waals surface area contributed by atoms with E-state index >= 15 is 0 Å². The third-order valence-electron chi connectivity index (χ3n) is 5.07. The van der Waals surface area contributed by atoms with E-state index in [1.807, 2.05) is 0 Å². The zero-order valence-corrected chi connectivity index (χ0v) is 14.5. The van der Waals surface area contributed by atoms with Crippen LogP contribution in [0.15, 0.2) is 42.5 Å². The maximum Gasteiger partial charge on any atom is 0.170 e. The first-order valence-electron chi connectivity index (χ1n) is 8.83. The molecule has 6 heteroatoms. The van der Waals surface area contributed by atoms with Crippen LogP contribution in [0.1, 0.15) is 46.1 Å². The lowest BCUT2D eigenvalue weighted by Gasteiger charge is -2.24. The van der Waals surface area contributed by atoms with Crippen LogP contribution < -0.4 is 0 Å². The van der Waals surface area contributed by atoms with Crippen molar-refractivity contribution in [3.63, 3.8) is 0 Å². The Labute approximate surface area is 154 Å². The minimum Gasteiger partial charge on any atom is -0.296 e. The molecule has 1 aromatic heterocycles. The second-order valence-electron chi connectivity index (χ2n) is 6.80. The van der Waals surface area contributed by atoms with Gasteiger partial charge in [-0.25, -0.2) is 17.9 Å². The van der Waals surface area contributed by atoms with Gasteiger partial charge < -0.3 is 0 Å². The number of benzene rings is 2. The molecule has 0 aliphatic heterocycles. The molecule has 0 saturated heterocycles. The average Bonchev–Trinajstić information content (AvgIpc) is 3.05. The molecule has 2 aromatic carbocycles. The highest BCUT2D eigenvalue weighted by molar-refractivity contribution is 5.75. The fraction of sp³-hybridized carbons (Fsp3) is 0.238. The topological polar surface area (TPSA) is 34.9 Å². The van der Waals surface area contributed by atoms with E-state index < -0.39 is 11.6 Å². The Balaban J connectivity index is 1.77. The Kier molecular flexibility index (Phi) is 4.56. The summed E-state index contributed by atoms with van der Waals surface area (Å²) in [6, 6.07) is 9.83. The van der Waals surface area contributed by atoms with Gasteiger partial charge in [-0.3, -0.25) is 4.79 Å². The van der Waals surface area contributed by atoms with Crippen molar-refractivity contribution in [2.24, 2.45) is 0 Å². The summed E-state index contributed by atoms with van der Waals surface area (Å²) < 4.78 is 41.8. The van der Waals surface area contributed by atoms with Gasteiger partial charge in [-0.2, -0.15) is 5.10 Å². The van der Waals surface area contributed by atoms with Gasteiger partial charge in [0, 0.05) is 11.5 Å². The van der Waals surface area contributed by atoms with Crippen LogP contribution in [0.3, 0.4) is 0 Å². The molecule has 27 heavy (non-hydrogen) atoms. The van der Waals surface area contributed by atoms with E-state index in [0.717, 1.165) is 42.9 Å². The zero-order chi connectivity index (χ0) is 19.0. The number of aromatic nitrogens is 2. The molecule has 0 fully saturated rings. The number of halogens is 3. The monoisotopic (exact) mass is 370 g/mol. The van der Waals surface area contributed by atoms with Gasteiger partial charge in [0.2, 0.25) is 0 Å². The van der Waals surface area contributed by atoms with Crippen molar-refractivity contribution in [3.05, 3.63) is 82.4 Å². The van der Waals surface area contributed by atoms with Crippen LogP contribution in [-0.4, -0.2) is 16.1 Å². The van der Waals surface area contributed by atoms with E-state index in [0.29, 0.717) is 23.4 Å². The third-order valence-corrected chi connectivity index (χ3v) is 5.07. The molecule has 1 atom stereocenters. The lowest BCUT2D eigenvalue weighted by molar-refractivity contribution is 0.111. The van der Waals surface area contributed by atoms with E-state index in [1.165, 1.54) is 18.2 Å². The molecule has 0 saturated carbocycles. The quantitative estimate of drug-likeness (QED) is 0.621. The van der Waals surface area contributed by atoms with Crippen molar-refractivity contribution >= 4 is 6.29 Å². The molecule has 0 N–H and O–H groups in total. The first-order chi connectivity index (χ1) is 13.1. The smallest absolute Gasteiger partial charge is 0.170 e. The van der Waals surface area contributed by atoms with E-state index in [2.05, 4.69) is 5.10 Å². The SMILES string of the molecule is O=Cc1nn(-c2ccc(F)cc2)c2c1CCCC2Cc1ccc(F)c(F)c1. The molecule has 138 valence electrons. The number of carbonyl (C=O) groups is 1. The second-order valence-corrected chi connectivity index (χ2v) is 6.80. The van der Waals surface area contributed by atoms with Gasteiger partial charge in [0.1, 0.15) is 11.5 Å². The largest absolute Gasteiger partial charge is 0.296 e. The molecule has 1 aliphatic rings. The predicted molar refractivity (Wildman–Crippen MR) is 94.7 cm³/mol. The molecule has 1 aliphatic carbocycles. The van der Waals surface area contributed by atoms with Crippen LogP contribution in [0.5, 0.6) is 0 Å². The molecule has 3 aromatic rings. The summed E-state index contributed by atoms with van der Waals surface area (Å²) in [5.74, 6) is -2.09. The standard InChI is InChI=1S/C21H17F3N2O/c22-15-5-7-16(8-6-15)26-21-14(2-1-3-17(21)20(12-27)25-26)10-13-4-9-18(23)19(24)11-13/h4-9,11-12,14H,1-3,10H2. The fourth-order valence-electron chi connectivity index (χ4n) is 3.84. The van der Waals surface area contributed by atoms with Crippen molar-refractivity contribution in [2.45, 2.75) is 31.6 Å². The molecule has 1 heterocycles. The van der Waals surface area contributed by atoms with Gasteiger partial charge in [0.15, 0.2) is 17.9 Å². The van der Waals surface area contributed by atoms with Crippen LogP contribution in [-0.2, 0) is 12.8 Å². The Morgan fingerprint density at radius 2 is 1.85 bits per heavy atom. The number of aldehydes is 1. The Bertz CT molecular complexity index is 995. The minimum absolute atomic E-state index is 0.00450. The lowest BCUT2D eigenvalue weighted by Crippen LogP contribution is -2.16. The van der Waals surface area contributed by atoms with Crippen LogP contribution in [0, 0.1) is 17.5 Å². The molecule has 0 spiro atoms. The van der Waals surface area contributed by atoms with Crippen molar-refractivity contribution in [1.29, 1.82) is 0 Å². The van der Waals surface area contributed by atoms with Crippen molar-refractivity contribution in [2.75, 3.05) is 0 Å². The van der Waals surface area contributed by atoms with Crippen LogP contribution in [0.2, 0.25) is 0 Å². The zero-order valence-electron chi connectivity index (χ0n) is 14.5. The van der Waals surface area contributed by atoms with Gasteiger partial charge in [0.05, 0.1) is 11.4 Å². The normalized spacial score (nSPS) is 16.2. The summed E-state index contributed by atoms with van der Waals surface area (Å²) in [5.41, 5.74) is 3.50. The number of fused-ring (bicyclic) bond motifs is 1. The molecule has 4 rings (SSSR count). The van der Waals surface area contributed by atoms with Crippen molar-refractivity contribution in [3.8, 4) is 5.69 Å². The van der Waals surface area contributed by atoms with Gasteiger partial charge >= 0.3 is 0 Å². The van der Waals surface area contributed by atoms with Crippen molar-refractivity contribution in [1.82, 2.24) is 9.78 Å². The number of rotatable bonds is 4.